The molecule has 0 unspecified atom stereocenters. The largest absolute Gasteiger partial charge is 0.372 e. The summed E-state index contributed by atoms with van der Waals surface area (Å²) in [6, 6.07) is 5.18. The van der Waals surface area contributed by atoms with Gasteiger partial charge in [-0.3, -0.25) is 4.79 Å². The van der Waals surface area contributed by atoms with Crippen LogP contribution in [0, 0.1) is 12.7 Å². The number of nitrogens with one attached hydrogen (secondary N) is 1. The number of benzene rings is 1. The van der Waals surface area contributed by atoms with Crippen LogP contribution < -0.4 is 11.1 Å². The highest BCUT2D eigenvalue weighted by Crippen LogP contribution is 2.15. The van der Waals surface area contributed by atoms with Gasteiger partial charge in [0.05, 0.1) is 6.54 Å². The molecule has 2 aromatic rings. The van der Waals surface area contributed by atoms with Crippen LogP contribution in [-0.4, -0.2) is 23.0 Å². The van der Waals surface area contributed by atoms with Gasteiger partial charge in [-0.15, -0.1) is 0 Å². The van der Waals surface area contributed by atoms with Gasteiger partial charge in [-0.2, -0.15) is 0 Å². The Labute approximate surface area is 111 Å². The number of aryl methyl sites for hydroxylation is 1. The lowest BCUT2D eigenvalue weighted by Gasteiger charge is -2.08. The lowest BCUT2D eigenvalue weighted by Crippen LogP contribution is -2.11. The molecule has 6 heteroatoms. The second-order valence-corrected chi connectivity index (χ2v) is 3.81. The van der Waals surface area contributed by atoms with Gasteiger partial charge < -0.3 is 15.6 Å². The highest BCUT2D eigenvalue weighted by atomic mass is 19.1. The van der Waals surface area contributed by atoms with Crippen molar-refractivity contribution < 1.29 is 9.18 Å². The molecule has 1 amide bonds. The van der Waals surface area contributed by atoms with Gasteiger partial charge in [-0.05, 0) is 31.7 Å². The van der Waals surface area contributed by atoms with Gasteiger partial charge in [0.15, 0.2) is 0 Å². The quantitative estimate of drug-likeness (QED) is 0.816. The van der Waals surface area contributed by atoms with Crippen molar-refractivity contribution in [2.75, 3.05) is 7.05 Å². The van der Waals surface area contributed by atoms with E-state index in [4.69, 9.17) is 4.79 Å². The van der Waals surface area contributed by atoms with E-state index in [1.807, 2.05) is 23.9 Å². The molecule has 3 N–H and O–H groups in total. The summed E-state index contributed by atoms with van der Waals surface area (Å²) < 4.78 is 15.3. The number of nitrogens with zero attached hydrogens (tertiary/aromatic N) is 2. The molecule has 0 fully saturated rings. The molecule has 1 aromatic heterocycles. The average Bonchev–Trinajstić information content (AvgIpc) is 2.82. The lowest BCUT2D eigenvalue weighted by atomic mass is 10.2. The summed E-state index contributed by atoms with van der Waals surface area (Å²) in [6.45, 7) is 2.41. The highest BCUT2D eigenvalue weighted by molar-refractivity contribution is 5.42. The number of carbonyl (C=O) groups is 1. The van der Waals surface area contributed by atoms with Crippen LogP contribution in [0.5, 0.6) is 0 Å². The lowest BCUT2D eigenvalue weighted by molar-refractivity contribution is -0.106. The van der Waals surface area contributed by atoms with Gasteiger partial charge in [0.25, 0.3) is 0 Å². The van der Waals surface area contributed by atoms with E-state index < -0.39 is 0 Å². The molecule has 0 radical (unpaired) electrons. The summed E-state index contributed by atoms with van der Waals surface area (Å²) in [5.74, 6) is 0.673. The van der Waals surface area contributed by atoms with Crippen LogP contribution in [-0.2, 0) is 11.3 Å². The van der Waals surface area contributed by atoms with E-state index in [9.17, 15) is 4.39 Å². The van der Waals surface area contributed by atoms with Crippen LogP contribution in [0.25, 0.3) is 5.69 Å². The predicted octanol–water partition coefficient (Wildman–Crippen LogP) is 1.14. The van der Waals surface area contributed by atoms with Crippen molar-refractivity contribution in [1.82, 2.24) is 14.9 Å². The van der Waals surface area contributed by atoms with Gasteiger partial charge in [-0.25, -0.2) is 9.37 Å². The Bertz CT molecular complexity index is 539. The zero-order valence-electron chi connectivity index (χ0n) is 10.9. The molecule has 0 aliphatic rings. The number of carbonyl (C=O) groups excluding carboxylic acids is 1. The molecule has 0 atom stereocenters. The molecule has 0 bridgehead atoms. The van der Waals surface area contributed by atoms with Gasteiger partial charge in [0, 0.05) is 18.1 Å². The second kappa shape index (κ2) is 7.27. The maximum atomic E-state index is 13.4. The Morgan fingerprint density at radius 3 is 2.79 bits per heavy atom. The van der Waals surface area contributed by atoms with E-state index in [2.05, 4.69) is 16.0 Å². The zero-order valence-corrected chi connectivity index (χ0v) is 10.9. The first-order chi connectivity index (χ1) is 9.13. The minimum absolute atomic E-state index is 0.193. The molecule has 19 heavy (non-hydrogen) atoms. The summed E-state index contributed by atoms with van der Waals surface area (Å²) in [7, 11) is 1.86. The standard InChI is InChI=1S/C12H14FN3.CH3NO/c1-9-3-4-10(7-11(9)13)16-6-5-15-12(16)8-14-2;2-1-3/h3-7,14H,8H2,1-2H3;1H,(H2,2,3). The minimum atomic E-state index is -0.193. The van der Waals surface area contributed by atoms with E-state index in [1.54, 1.807) is 19.2 Å². The van der Waals surface area contributed by atoms with Crippen molar-refractivity contribution in [3.63, 3.8) is 0 Å². The van der Waals surface area contributed by atoms with E-state index in [-0.39, 0.29) is 12.2 Å². The van der Waals surface area contributed by atoms with E-state index in [0.717, 1.165) is 11.5 Å². The van der Waals surface area contributed by atoms with Crippen LogP contribution >= 0.6 is 0 Å². The number of amides is 1. The number of aromatic nitrogens is 2. The molecular formula is C13H17FN4O. The molecule has 1 heterocycles. The molecule has 0 saturated carbocycles. The zero-order chi connectivity index (χ0) is 14.3. The second-order valence-electron chi connectivity index (χ2n) is 3.81. The molecule has 0 saturated heterocycles. The average molecular weight is 264 g/mol. The maximum Gasteiger partial charge on any atom is 0.204 e. The summed E-state index contributed by atoms with van der Waals surface area (Å²) >= 11 is 0. The molecule has 0 spiro atoms. The third-order valence-electron chi connectivity index (χ3n) is 2.49. The Morgan fingerprint density at radius 2 is 2.21 bits per heavy atom. The van der Waals surface area contributed by atoms with Gasteiger partial charge in [-0.1, -0.05) is 6.07 Å². The van der Waals surface area contributed by atoms with Crippen LogP contribution in [0.4, 0.5) is 4.39 Å². The molecule has 2 rings (SSSR count). The van der Waals surface area contributed by atoms with E-state index in [1.165, 1.54) is 6.07 Å². The van der Waals surface area contributed by atoms with Gasteiger partial charge in [0.2, 0.25) is 6.41 Å². The number of imidazole rings is 1. The van der Waals surface area contributed by atoms with Crippen molar-refractivity contribution in [1.29, 1.82) is 0 Å². The molecular weight excluding hydrogens is 247 g/mol. The van der Waals surface area contributed by atoms with Crippen LogP contribution in [0.15, 0.2) is 30.6 Å². The number of nitrogens with two attached hydrogens (primary N) is 1. The third kappa shape index (κ3) is 3.89. The van der Waals surface area contributed by atoms with Crippen molar-refractivity contribution in [2.24, 2.45) is 5.73 Å². The Kier molecular flexibility index (Phi) is 5.69. The highest BCUT2D eigenvalue weighted by Gasteiger charge is 2.05. The summed E-state index contributed by atoms with van der Waals surface area (Å²) in [6.07, 6.45) is 3.79. The number of rotatable bonds is 3. The molecule has 0 aliphatic heterocycles. The van der Waals surface area contributed by atoms with E-state index in [0.29, 0.717) is 12.1 Å². The molecule has 0 aliphatic carbocycles. The van der Waals surface area contributed by atoms with Crippen LogP contribution in [0.1, 0.15) is 11.4 Å². The van der Waals surface area contributed by atoms with Gasteiger partial charge in [0.1, 0.15) is 11.6 Å². The maximum absolute atomic E-state index is 13.4. The minimum Gasteiger partial charge on any atom is -0.372 e. The third-order valence-corrected chi connectivity index (χ3v) is 2.49. The number of primary amides is 1. The molecule has 102 valence electrons. The Hall–Kier alpha value is -2.21. The fourth-order valence-corrected chi connectivity index (χ4v) is 1.59. The first-order valence-electron chi connectivity index (χ1n) is 5.72. The summed E-state index contributed by atoms with van der Waals surface area (Å²) in [4.78, 5) is 12.8. The summed E-state index contributed by atoms with van der Waals surface area (Å²) in [5.41, 5.74) is 5.62. The number of hydrogen-bond donors (Lipinski definition) is 2. The van der Waals surface area contributed by atoms with Crippen molar-refractivity contribution >= 4 is 6.41 Å². The fourth-order valence-electron chi connectivity index (χ4n) is 1.59. The molecule has 5 nitrogen and oxygen atoms in total. The van der Waals surface area contributed by atoms with Gasteiger partial charge >= 0.3 is 0 Å². The normalized spacial score (nSPS) is 9.63. The number of hydrogen-bond acceptors (Lipinski definition) is 3. The van der Waals surface area contributed by atoms with Crippen molar-refractivity contribution in [3.05, 3.63) is 47.8 Å². The van der Waals surface area contributed by atoms with Crippen molar-refractivity contribution in [3.8, 4) is 5.69 Å². The SMILES string of the molecule is CNCc1nccn1-c1ccc(C)c(F)c1.NC=O. The Morgan fingerprint density at radius 1 is 1.53 bits per heavy atom. The first-order valence-corrected chi connectivity index (χ1v) is 5.72. The topological polar surface area (TPSA) is 72.9 Å². The van der Waals surface area contributed by atoms with Crippen molar-refractivity contribution in [2.45, 2.75) is 13.5 Å². The van der Waals surface area contributed by atoms with E-state index >= 15 is 0 Å². The molecule has 1 aromatic carbocycles. The first kappa shape index (κ1) is 14.8. The number of halogens is 1. The monoisotopic (exact) mass is 264 g/mol. The Balaban J connectivity index is 0.000000550. The summed E-state index contributed by atoms with van der Waals surface area (Å²) in [5, 5.41) is 3.03. The smallest absolute Gasteiger partial charge is 0.204 e. The fraction of sp³-hybridized carbons (Fsp3) is 0.231. The van der Waals surface area contributed by atoms with Crippen LogP contribution in [0.2, 0.25) is 0 Å². The predicted molar refractivity (Wildman–Crippen MR) is 71.3 cm³/mol. The van der Waals surface area contributed by atoms with Crippen LogP contribution in [0.3, 0.4) is 0 Å².